The highest BCUT2D eigenvalue weighted by atomic mass is 32.2. The molecule has 4 nitrogen and oxygen atoms in total. The molecule has 21 heavy (non-hydrogen) atoms. The molecule has 0 heterocycles. The lowest BCUT2D eigenvalue weighted by molar-refractivity contribution is 0.498. The first-order valence-corrected chi connectivity index (χ1v) is 6.91. The Kier molecular flexibility index (Phi) is 3.77. The molecule has 2 aromatic carbocycles. The summed E-state index contributed by atoms with van der Waals surface area (Å²) in [6, 6.07) is 3.39. The van der Waals surface area contributed by atoms with Crippen LogP contribution in [0.1, 0.15) is 0 Å². The van der Waals surface area contributed by atoms with E-state index in [1.165, 1.54) is 0 Å². The second-order valence-electron chi connectivity index (χ2n) is 4.04. The summed E-state index contributed by atoms with van der Waals surface area (Å²) in [6.07, 6.45) is 0. The fourth-order valence-corrected chi connectivity index (χ4v) is 2.72. The van der Waals surface area contributed by atoms with Crippen LogP contribution >= 0.6 is 0 Å². The third-order valence-corrected chi connectivity index (χ3v) is 3.86. The third-order valence-electron chi connectivity index (χ3n) is 2.48. The van der Waals surface area contributed by atoms with Gasteiger partial charge in [-0.3, -0.25) is 4.72 Å². The zero-order chi connectivity index (χ0) is 15.8. The van der Waals surface area contributed by atoms with Crippen molar-refractivity contribution in [2.45, 2.75) is 4.90 Å². The van der Waals surface area contributed by atoms with Crippen molar-refractivity contribution >= 4 is 21.4 Å². The van der Waals surface area contributed by atoms with Crippen LogP contribution in [0.5, 0.6) is 0 Å². The van der Waals surface area contributed by atoms with Gasteiger partial charge < -0.3 is 5.73 Å². The molecule has 2 aromatic rings. The quantitative estimate of drug-likeness (QED) is 0.519. The maximum atomic E-state index is 13.5. The highest BCUT2D eigenvalue weighted by Crippen LogP contribution is 2.24. The number of benzene rings is 2. The van der Waals surface area contributed by atoms with Crippen LogP contribution in [0.15, 0.2) is 35.2 Å². The van der Waals surface area contributed by atoms with E-state index in [0.717, 1.165) is 18.2 Å². The van der Waals surface area contributed by atoms with Crippen molar-refractivity contribution in [2.75, 3.05) is 10.5 Å². The summed E-state index contributed by atoms with van der Waals surface area (Å²) < 4.78 is 78.4. The van der Waals surface area contributed by atoms with Crippen LogP contribution in [0.2, 0.25) is 0 Å². The Bertz CT molecular complexity index is 809. The number of anilines is 2. The molecule has 0 fully saturated rings. The number of nitrogens with one attached hydrogen (secondary N) is 1. The van der Waals surface area contributed by atoms with E-state index in [2.05, 4.69) is 0 Å². The SMILES string of the molecule is Nc1ccc(F)c(S(=O)(=O)Nc2cc(F)cc(F)c2F)c1. The smallest absolute Gasteiger partial charge is 0.264 e. The lowest BCUT2D eigenvalue weighted by atomic mass is 10.3. The van der Waals surface area contributed by atoms with Crippen LogP contribution in [0.25, 0.3) is 0 Å². The number of nitrogens with two attached hydrogens (primary N) is 1. The normalized spacial score (nSPS) is 11.4. The van der Waals surface area contributed by atoms with Crippen LogP contribution < -0.4 is 10.5 Å². The van der Waals surface area contributed by atoms with Gasteiger partial charge in [0, 0.05) is 17.8 Å². The number of rotatable bonds is 3. The van der Waals surface area contributed by atoms with Gasteiger partial charge in [0.25, 0.3) is 10.0 Å². The van der Waals surface area contributed by atoms with Crippen LogP contribution in [0, 0.1) is 23.3 Å². The van der Waals surface area contributed by atoms with Crippen molar-refractivity contribution in [1.82, 2.24) is 0 Å². The summed E-state index contributed by atoms with van der Waals surface area (Å²) in [7, 11) is -4.60. The summed E-state index contributed by atoms with van der Waals surface area (Å²) >= 11 is 0. The lowest BCUT2D eigenvalue weighted by Gasteiger charge is -2.10. The van der Waals surface area contributed by atoms with Gasteiger partial charge in [-0.2, -0.15) is 0 Å². The molecule has 0 atom stereocenters. The molecular formula is C12H8F4N2O2S. The average molecular weight is 320 g/mol. The van der Waals surface area contributed by atoms with Gasteiger partial charge >= 0.3 is 0 Å². The fourth-order valence-electron chi connectivity index (χ4n) is 1.56. The first kappa shape index (κ1) is 15.1. The van der Waals surface area contributed by atoms with Gasteiger partial charge in [-0.25, -0.2) is 26.0 Å². The molecule has 0 amide bonds. The Morgan fingerprint density at radius 3 is 2.29 bits per heavy atom. The van der Waals surface area contributed by atoms with Crippen LogP contribution in [-0.4, -0.2) is 8.42 Å². The van der Waals surface area contributed by atoms with E-state index >= 15 is 0 Å². The molecule has 112 valence electrons. The van der Waals surface area contributed by atoms with Crippen LogP contribution in [0.4, 0.5) is 28.9 Å². The van der Waals surface area contributed by atoms with Gasteiger partial charge in [-0.05, 0) is 18.2 Å². The number of halogens is 4. The topological polar surface area (TPSA) is 72.2 Å². The van der Waals surface area contributed by atoms with Crippen molar-refractivity contribution in [2.24, 2.45) is 0 Å². The zero-order valence-electron chi connectivity index (χ0n) is 10.2. The largest absolute Gasteiger partial charge is 0.399 e. The van der Waals surface area contributed by atoms with Gasteiger partial charge in [0.2, 0.25) is 0 Å². The first-order valence-electron chi connectivity index (χ1n) is 5.43. The highest BCUT2D eigenvalue weighted by molar-refractivity contribution is 7.92. The molecule has 0 saturated carbocycles. The minimum atomic E-state index is -4.60. The fraction of sp³-hybridized carbons (Fsp3) is 0. The molecule has 0 bridgehead atoms. The lowest BCUT2D eigenvalue weighted by Crippen LogP contribution is -2.16. The monoisotopic (exact) mass is 320 g/mol. The van der Waals surface area contributed by atoms with E-state index in [1.807, 2.05) is 0 Å². The second kappa shape index (κ2) is 5.24. The molecule has 0 spiro atoms. The summed E-state index contributed by atoms with van der Waals surface area (Å²) in [5.74, 6) is -5.53. The Balaban J connectivity index is 2.50. The molecule has 0 aliphatic heterocycles. The van der Waals surface area contributed by atoms with Gasteiger partial charge in [-0.1, -0.05) is 0 Å². The van der Waals surface area contributed by atoms with Crippen molar-refractivity contribution in [3.8, 4) is 0 Å². The van der Waals surface area contributed by atoms with E-state index < -0.39 is 43.9 Å². The van der Waals surface area contributed by atoms with E-state index in [9.17, 15) is 26.0 Å². The predicted molar refractivity (Wildman–Crippen MR) is 67.9 cm³/mol. The van der Waals surface area contributed by atoms with Gasteiger partial charge in [0.05, 0.1) is 5.69 Å². The molecule has 0 aliphatic rings. The molecule has 0 saturated heterocycles. The second-order valence-corrected chi connectivity index (χ2v) is 5.70. The summed E-state index contributed by atoms with van der Waals surface area (Å²) in [5, 5.41) is 0. The molecule has 0 radical (unpaired) electrons. The maximum Gasteiger partial charge on any atom is 0.264 e. The molecule has 0 unspecified atom stereocenters. The Hall–Kier alpha value is -2.29. The van der Waals surface area contributed by atoms with Crippen molar-refractivity contribution in [3.05, 3.63) is 53.6 Å². The van der Waals surface area contributed by atoms with E-state index in [-0.39, 0.29) is 11.8 Å². The minimum absolute atomic E-state index is 0.0531. The maximum absolute atomic E-state index is 13.5. The average Bonchev–Trinajstić information content (AvgIpc) is 2.37. The summed E-state index contributed by atoms with van der Waals surface area (Å²) in [4.78, 5) is -0.869. The molecular weight excluding hydrogens is 312 g/mol. The Labute approximate surface area is 117 Å². The Morgan fingerprint density at radius 1 is 0.952 bits per heavy atom. The van der Waals surface area contributed by atoms with Gasteiger partial charge in [-0.15, -0.1) is 0 Å². The van der Waals surface area contributed by atoms with Crippen molar-refractivity contribution in [3.63, 3.8) is 0 Å². The van der Waals surface area contributed by atoms with E-state index in [1.54, 1.807) is 4.72 Å². The third kappa shape index (κ3) is 3.07. The highest BCUT2D eigenvalue weighted by Gasteiger charge is 2.22. The molecule has 9 heteroatoms. The number of sulfonamides is 1. The predicted octanol–water partition coefficient (Wildman–Crippen LogP) is 2.63. The summed E-state index contributed by atoms with van der Waals surface area (Å²) in [5.41, 5.74) is 4.31. The summed E-state index contributed by atoms with van der Waals surface area (Å²) in [6.45, 7) is 0. The molecule has 0 aromatic heterocycles. The molecule has 2 rings (SSSR count). The zero-order valence-corrected chi connectivity index (χ0v) is 11.0. The van der Waals surface area contributed by atoms with Crippen molar-refractivity contribution in [1.29, 1.82) is 0 Å². The number of nitrogen functional groups attached to an aromatic ring is 1. The van der Waals surface area contributed by atoms with Crippen LogP contribution in [0.3, 0.4) is 0 Å². The first-order chi connectivity index (χ1) is 9.70. The molecule has 0 aliphatic carbocycles. The van der Waals surface area contributed by atoms with Gasteiger partial charge in [0.1, 0.15) is 16.5 Å². The number of hydrogen-bond acceptors (Lipinski definition) is 3. The van der Waals surface area contributed by atoms with Crippen LogP contribution in [-0.2, 0) is 10.0 Å². The van der Waals surface area contributed by atoms with Crippen molar-refractivity contribution < 1.29 is 26.0 Å². The minimum Gasteiger partial charge on any atom is -0.399 e. The van der Waals surface area contributed by atoms with E-state index in [4.69, 9.17) is 5.73 Å². The Morgan fingerprint density at radius 2 is 1.62 bits per heavy atom. The number of hydrogen-bond donors (Lipinski definition) is 2. The van der Waals surface area contributed by atoms with Gasteiger partial charge in [0.15, 0.2) is 11.6 Å². The standard InChI is InChI=1S/C12H8F4N2O2S/c13-6-3-9(15)12(16)10(4-6)18-21(19,20)11-5-7(17)1-2-8(11)14/h1-5,18H,17H2. The van der Waals surface area contributed by atoms with E-state index in [0.29, 0.717) is 6.07 Å². The molecule has 3 N–H and O–H groups in total.